The highest BCUT2D eigenvalue weighted by Crippen LogP contribution is 2.37. The maximum Gasteiger partial charge on any atom is 0.137 e. The summed E-state index contributed by atoms with van der Waals surface area (Å²) in [6, 6.07) is 12.6. The van der Waals surface area contributed by atoms with Gasteiger partial charge in [-0.3, -0.25) is 0 Å². The Morgan fingerprint density at radius 1 is 0.962 bits per heavy atom. The van der Waals surface area contributed by atoms with Crippen LogP contribution in [0.4, 0.5) is 0 Å². The molecule has 0 atom stereocenters. The minimum absolute atomic E-state index is 0.652. The molecule has 0 bridgehead atoms. The van der Waals surface area contributed by atoms with Crippen LogP contribution in [0, 0.1) is 17.8 Å². The largest absolute Gasteiger partial charge is 0.492 e. The van der Waals surface area contributed by atoms with E-state index < -0.39 is 0 Å². The van der Waals surface area contributed by atoms with Gasteiger partial charge in [0.05, 0.1) is 12.8 Å². The molecule has 0 amide bonds. The summed E-state index contributed by atoms with van der Waals surface area (Å²) in [5.41, 5.74) is 3.29. The van der Waals surface area contributed by atoms with Crippen molar-refractivity contribution in [1.29, 1.82) is 0 Å². The first kappa shape index (κ1) is 18.5. The molecular weight excluding hydrogens is 318 g/mol. The normalized spacial score (nSPS) is 19.5. The van der Waals surface area contributed by atoms with Gasteiger partial charge in [-0.25, -0.2) is 4.98 Å². The van der Waals surface area contributed by atoms with E-state index >= 15 is 0 Å². The van der Waals surface area contributed by atoms with Gasteiger partial charge < -0.3 is 4.74 Å². The molecule has 1 saturated carbocycles. The molecule has 0 saturated heterocycles. The molecule has 1 aliphatic rings. The molecule has 0 radical (unpaired) electrons. The second-order valence-corrected chi connectivity index (χ2v) is 7.19. The molecule has 2 heteroatoms. The van der Waals surface area contributed by atoms with Crippen LogP contribution in [0.15, 0.2) is 42.6 Å². The molecule has 0 spiro atoms. The minimum atomic E-state index is 0.652. The van der Waals surface area contributed by atoms with Crippen LogP contribution >= 0.6 is 0 Å². The van der Waals surface area contributed by atoms with E-state index in [4.69, 9.17) is 4.74 Å². The van der Waals surface area contributed by atoms with Crippen LogP contribution in [-0.2, 0) is 0 Å². The van der Waals surface area contributed by atoms with E-state index in [2.05, 4.69) is 48.0 Å². The smallest absolute Gasteiger partial charge is 0.137 e. The van der Waals surface area contributed by atoms with Crippen molar-refractivity contribution < 1.29 is 4.74 Å². The van der Waals surface area contributed by atoms with Crippen molar-refractivity contribution >= 4 is 0 Å². The molecule has 136 valence electrons. The predicted molar refractivity (Wildman–Crippen MR) is 107 cm³/mol. The van der Waals surface area contributed by atoms with E-state index in [9.17, 15) is 0 Å². The standard InChI is InChI=1S/C24H29NO/c1-3-5-19-6-11-21(12-7-19)22-13-8-20(9-14-22)10-15-23-16-17-24(18-25-23)26-4-2/h8-9,13-14,16-19,21H,3-7,11-12H2,1-2H3. The Bertz CT molecular complexity index is 729. The fraction of sp³-hybridized carbons (Fsp3) is 0.458. The van der Waals surface area contributed by atoms with Gasteiger partial charge >= 0.3 is 0 Å². The summed E-state index contributed by atoms with van der Waals surface area (Å²) in [6.07, 6.45) is 9.92. The lowest BCUT2D eigenvalue weighted by Crippen LogP contribution is -2.13. The number of ether oxygens (including phenoxy) is 1. The molecule has 1 aromatic heterocycles. The van der Waals surface area contributed by atoms with Gasteiger partial charge in [0.2, 0.25) is 0 Å². The van der Waals surface area contributed by atoms with Gasteiger partial charge in [-0.15, -0.1) is 0 Å². The van der Waals surface area contributed by atoms with E-state index in [1.54, 1.807) is 6.20 Å². The highest BCUT2D eigenvalue weighted by Gasteiger charge is 2.21. The van der Waals surface area contributed by atoms with E-state index in [0.29, 0.717) is 6.61 Å². The average molecular weight is 348 g/mol. The number of aromatic nitrogens is 1. The van der Waals surface area contributed by atoms with Crippen LogP contribution in [0.2, 0.25) is 0 Å². The summed E-state index contributed by atoms with van der Waals surface area (Å²) in [5, 5.41) is 0. The number of nitrogens with zero attached hydrogens (tertiary/aromatic N) is 1. The lowest BCUT2D eigenvalue weighted by Gasteiger charge is -2.28. The SMILES string of the molecule is CCCC1CCC(c2ccc(C#Cc3ccc(OCC)cn3)cc2)CC1. The highest BCUT2D eigenvalue weighted by molar-refractivity contribution is 5.42. The van der Waals surface area contributed by atoms with Gasteiger partial charge in [0.15, 0.2) is 0 Å². The zero-order valence-electron chi connectivity index (χ0n) is 16.0. The second-order valence-electron chi connectivity index (χ2n) is 7.19. The molecule has 1 aliphatic carbocycles. The van der Waals surface area contributed by atoms with E-state index in [1.165, 1.54) is 44.1 Å². The topological polar surface area (TPSA) is 22.1 Å². The van der Waals surface area contributed by atoms with Crippen molar-refractivity contribution in [3.05, 3.63) is 59.4 Å². The third kappa shape index (κ3) is 5.11. The molecule has 1 heterocycles. The first-order chi connectivity index (χ1) is 12.8. The first-order valence-corrected chi connectivity index (χ1v) is 9.99. The lowest BCUT2D eigenvalue weighted by atomic mass is 9.77. The van der Waals surface area contributed by atoms with Crippen LogP contribution in [0.25, 0.3) is 0 Å². The molecule has 3 rings (SSSR count). The molecule has 0 unspecified atom stereocenters. The van der Waals surface area contributed by atoms with Crippen molar-refractivity contribution in [3.63, 3.8) is 0 Å². The van der Waals surface area contributed by atoms with Crippen molar-refractivity contribution in [1.82, 2.24) is 4.98 Å². The molecule has 26 heavy (non-hydrogen) atoms. The van der Waals surface area contributed by atoms with Crippen molar-refractivity contribution in [2.45, 2.75) is 58.3 Å². The summed E-state index contributed by atoms with van der Waals surface area (Å²) >= 11 is 0. The minimum Gasteiger partial charge on any atom is -0.492 e. The molecule has 0 N–H and O–H groups in total. The van der Waals surface area contributed by atoms with E-state index in [1.807, 2.05) is 19.1 Å². The predicted octanol–water partition coefficient (Wildman–Crippen LogP) is 5.95. The summed E-state index contributed by atoms with van der Waals surface area (Å²) in [4.78, 5) is 4.33. The van der Waals surface area contributed by atoms with Gasteiger partial charge in [-0.2, -0.15) is 0 Å². The summed E-state index contributed by atoms with van der Waals surface area (Å²) in [7, 11) is 0. The Morgan fingerprint density at radius 3 is 2.35 bits per heavy atom. The summed E-state index contributed by atoms with van der Waals surface area (Å²) in [5.74, 6) is 8.83. The van der Waals surface area contributed by atoms with Gasteiger partial charge in [0.25, 0.3) is 0 Å². The quantitative estimate of drug-likeness (QED) is 0.623. The Balaban J connectivity index is 1.58. The maximum atomic E-state index is 5.40. The van der Waals surface area contributed by atoms with Crippen LogP contribution in [-0.4, -0.2) is 11.6 Å². The van der Waals surface area contributed by atoms with Crippen LogP contribution < -0.4 is 4.74 Å². The number of rotatable bonds is 5. The maximum absolute atomic E-state index is 5.40. The molecule has 2 nitrogen and oxygen atoms in total. The lowest BCUT2D eigenvalue weighted by molar-refractivity contribution is 0.308. The Labute approximate surface area is 158 Å². The zero-order valence-corrected chi connectivity index (χ0v) is 16.0. The molecule has 0 aliphatic heterocycles. The fourth-order valence-corrected chi connectivity index (χ4v) is 3.87. The van der Waals surface area contributed by atoms with Gasteiger partial charge in [-0.05, 0) is 80.2 Å². The van der Waals surface area contributed by atoms with Gasteiger partial charge in [-0.1, -0.05) is 37.8 Å². The molecule has 2 aromatic rings. The average Bonchev–Trinajstić information content (AvgIpc) is 2.69. The van der Waals surface area contributed by atoms with Gasteiger partial charge in [0, 0.05) is 5.56 Å². The van der Waals surface area contributed by atoms with Crippen molar-refractivity contribution in [2.75, 3.05) is 6.61 Å². The van der Waals surface area contributed by atoms with Crippen molar-refractivity contribution in [3.8, 4) is 17.6 Å². The van der Waals surface area contributed by atoms with Crippen LogP contribution in [0.3, 0.4) is 0 Å². The summed E-state index contributed by atoms with van der Waals surface area (Å²) < 4.78 is 5.40. The number of hydrogen-bond acceptors (Lipinski definition) is 2. The van der Waals surface area contributed by atoms with Crippen LogP contribution in [0.1, 0.15) is 75.1 Å². The Morgan fingerprint density at radius 2 is 1.73 bits per heavy atom. The first-order valence-electron chi connectivity index (χ1n) is 9.99. The zero-order chi connectivity index (χ0) is 18.2. The fourth-order valence-electron chi connectivity index (χ4n) is 3.87. The summed E-state index contributed by atoms with van der Waals surface area (Å²) in [6.45, 7) is 4.92. The number of benzene rings is 1. The van der Waals surface area contributed by atoms with E-state index in [0.717, 1.165) is 28.8 Å². The van der Waals surface area contributed by atoms with Crippen LogP contribution in [0.5, 0.6) is 5.75 Å². The third-order valence-corrected chi connectivity index (χ3v) is 5.31. The van der Waals surface area contributed by atoms with Gasteiger partial charge in [0.1, 0.15) is 11.4 Å². The monoisotopic (exact) mass is 347 g/mol. The second kappa shape index (κ2) is 9.43. The van der Waals surface area contributed by atoms with E-state index in [-0.39, 0.29) is 0 Å². The highest BCUT2D eigenvalue weighted by atomic mass is 16.5. The molecule has 1 aromatic carbocycles. The number of hydrogen-bond donors (Lipinski definition) is 0. The Hall–Kier alpha value is -2.27. The third-order valence-electron chi connectivity index (χ3n) is 5.31. The van der Waals surface area contributed by atoms with Crippen molar-refractivity contribution in [2.24, 2.45) is 5.92 Å². The molecular formula is C24H29NO. The molecule has 1 fully saturated rings. The Kier molecular flexibility index (Phi) is 6.72. The number of pyridine rings is 1.